The monoisotopic (exact) mass is 262 g/mol. The van der Waals surface area contributed by atoms with Gasteiger partial charge in [-0.3, -0.25) is 4.79 Å². The zero-order valence-corrected chi connectivity index (χ0v) is 12.0. The highest BCUT2D eigenvalue weighted by Crippen LogP contribution is 2.29. The summed E-state index contributed by atoms with van der Waals surface area (Å²) in [4.78, 5) is 12.4. The molecule has 1 atom stereocenters. The molecule has 2 rings (SSSR count). The first kappa shape index (κ1) is 14.0. The number of carbonyl (C=O) groups is 1. The number of benzene rings is 1. The largest absolute Gasteiger partial charge is 0.350 e. The smallest absolute Gasteiger partial charge is 0.244 e. The van der Waals surface area contributed by atoms with Crippen LogP contribution in [0.1, 0.15) is 43.5 Å². The standard InChI is InChI=1S/C15H22N2O2/c1-10-5-6-12-11(9-10)7-8-17(19)13(12)14(18)16-15(2,3)4/h5-6,9,13,19H,7-8H2,1-4H3,(H,16,18). The van der Waals surface area contributed by atoms with Crippen molar-refractivity contribution in [1.82, 2.24) is 10.4 Å². The molecule has 1 aromatic rings. The van der Waals surface area contributed by atoms with Gasteiger partial charge in [0.05, 0.1) is 0 Å². The minimum atomic E-state index is -0.608. The quantitative estimate of drug-likeness (QED) is 0.815. The number of hydrogen-bond donors (Lipinski definition) is 2. The first-order chi connectivity index (χ1) is 8.78. The second kappa shape index (κ2) is 4.94. The molecule has 1 aromatic carbocycles. The van der Waals surface area contributed by atoms with Crippen LogP contribution in [0.15, 0.2) is 18.2 Å². The molecule has 4 nitrogen and oxygen atoms in total. The lowest BCUT2D eigenvalue weighted by Gasteiger charge is -2.34. The Balaban J connectivity index is 2.33. The van der Waals surface area contributed by atoms with E-state index < -0.39 is 6.04 Å². The third-order valence-corrected chi connectivity index (χ3v) is 3.25. The van der Waals surface area contributed by atoms with Crippen molar-refractivity contribution in [2.75, 3.05) is 6.54 Å². The molecule has 1 unspecified atom stereocenters. The number of hydroxylamine groups is 2. The lowest BCUT2D eigenvalue weighted by atomic mass is 9.91. The summed E-state index contributed by atoms with van der Waals surface area (Å²) in [6, 6.07) is 5.42. The van der Waals surface area contributed by atoms with Crippen molar-refractivity contribution in [3.8, 4) is 0 Å². The van der Waals surface area contributed by atoms with E-state index >= 15 is 0 Å². The zero-order chi connectivity index (χ0) is 14.2. The number of aryl methyl sites for hydroxylation is 1. The summed E-state index contributed by atoms with van der Waals surface area (Å²) in [5.41, 5.74) is 2.93. The van der Waals surface area contributed by atoms with Crippen molar-refractivity contribution in [2.24, 2.45) is 0 Å². The van der Waals surface area contributed by atoms with Crippen molar-refractivity contribution in [2.45, 2.75) is 45.7 Å². The van der Waals surface area contributed by atoms with Gasteiger partial charge in [-0.2, -0.15) is 5.06 Å². The van der Waals surface area contributed by atoms with Crippen LogP contribution in [0.3, 0.4) is 0 Å². The van der Waals surface area contributed by atoms with E-state index in [2.05, 4.69) is 11.4 Å². The van der Waals surface area contributed by atoms with Crippen molar-refractivity contribution in [3.05, 3.63) is 34.9 Å². The van der Waals surface area contributed by atoms with Crippen LogP contribution in [0, 0.1) is 6.92 Å². The van der Waals surface area contributed by atoms with Gasteiger partial charge >= 0.3 is 0 Å². The highest BCUT2D eigenvalue weighted by Gasteiger charge is 2.33. The molecule has 0 aliphatic carbocycles. The Hall–Kier alpha value is -1.39. The van der Waals surface area contributed by atoms with Gasteiger partial charge in [-0.1, -0.05) is 23.8 Å². The van der Waals surface area contributed by atoms with E-state index in [4.69, 9.17) is 0 Å². The fraction of sp³-hybridized carbons (Fsp3) is 0.533. The molecule has 0 saturated heterocycles. The summed E-state index contributed by atoms with van der Waals surface area (Å²) in [5.74, 6) is -0.153. The maximum Gasteiger partial charge on any atom is 0.244 e. The van der Waals surface area contributed by atoms with E-state index in [0.29, 0.717) is 6.54 Å². The average Bonchev–Trinajstić information content (AvgIpc) is 2.26. The first-order valence-corrected chi connectivity index (χ1v) is 6.65. The van der Waals surface area contributed by atoms with Gasteiger partial charge in [0.15, 0.2) is 0 Å². The molecule has 0 spiro atoms. The minimum Gasteiger partial charge on any atom is -0.350 e. The van der Waals surface area contributed by atoms with Gasteiger partial charge in [0, 0.05) is 12.1 Å². The number of fused-ring (bicyclic) bond motifs is 1. The second-order valence-corrected chi connectivity index (χ2v) is 6.26. The zero-order valence-electron chi connectivity index (χ0n) is 12.0. The van der Waals surface area contributed by atoms with E-state index in [1.54, 1.807) is 0 Å². The summed E-state index contributed by atoms with van der Waals surface area (Å²) in [6.45, 7) is 8.33. The van der Waals surface area contributed by atoms with E-state index in [1.807, 2.05) is 39.8 Å². The Bertz CT molecular complexity index is 491. The highest BCUT2D eigenvalue weighted by atomic mass is 16.5. The Kier molecular flexibility index (Phi) is 3.65. The summed E-state index contributed by atoms with van der Waals surface area (Å²) < 4.78 is 0. The Morgan fingerprint density at radius 2 is 2.11 bits per heavy atom. The normalized spacial score (nSPS) is 19.9. The molecule has 1 aliphatic rings. The van der Waals surface area contributed by atoms with Gasteiger partial charge in [0.1, 0.15) is 6.04 Å². The molecule has 0 radical (unpaired) electrons. The van der Waals surface area contributed by atoms with E-state index in [-0.39, 0.29) is 11.4 Å². The molecule has 0 bridgehead atoms. The molecule has 1 amide bonds. The summed E-state index contributed by atoms with van der Waals surface area (Å²) in [6.07, 6.45) is 0.771. The molecular weight excluding hydrogens is 240 g/mol. The third kappa shape index (κ3) is 3.14. The molecule has 1 aliphatic heterocycles. The van der Waals surface area contributed by atoms with Gasteiger partial charge in [-0.25, -0.2) is 0 Å². The second-order valence-electron chi connectivity index (χ2n) is 6.26. The molecule has 2 N–H and O–H groups in total. The lowest BCUT2D eigenvalue weighted by Crippen LogP contribution is -2.48. The first-order valence-electron chi connectivity index (χ1n) is 6.65. The van der Waals surface area contributed by atoms with Crippen LogP contribution in [0.25, 0.3) is 0 Å². The maximum atomic E-state index is 12.4. The van der Waals surface area contributed by atoms with Gasteiger partial charge in [-0.15, -0.1) is 0 Å². The van der Waals surface area contributed by atoms with Crippen LogP contribution >= 0.6 is 0 Å². The number of amides is 1. The summed E-state index contributed by atoms with van der Waals surface area (Å²) in [5, 5.41) is 14.1. The van der Waals surface area contributed by atoms with Crippen LogP contribution < -0.4 is 5.32 Å². The highest BCUT2D eigenvalue weighted by molar-refractivity contribution is 5.84. The predicted molar refractivity (Wildman–Crippen MR) is 74.0 cm³/mol. The molecule has 0 aromatic heterocycles. The van der Waals surface area contributed by atoms with Crippen LogP contribution in [0.4, 0.5) is 0 Å². The number of hydrogen-bond acceptors (Lipinski definition) is 3. The number of nitrogens with zero attached hydrogens (tertiary/aromatic N) is 1. The van der Waals surface area contributed by atoms with Crippen molar-refractivity contribution < 1.29 is 10.0 Å². The molecule has 4 heteroatoms. The predicted octanol–water partition coefficient (Wildman–Crippen LogP) is 2.20. The Labute approximate surface area is 114 Å². The SMILES string of the molecule is Cc1ccc2c(c1)CCN(O)C2C(=O)NC(C)(C)C. The Morgan fingerprint density at radius 3 is 2.74 bits per heavy atom. The van der Waals surface area contributed by atoms with Crippen LogP contribution in [-0.4, -0.2) is 28.3 Å². The summed E-state index contributed by atoms with van der Waals surface area (Å²) >= 11 is 0. The van der Waals surface area contributed by atoms with Crippen molar-refractivity contribution >= 4 is 5.91 Å². The van der Waals surface area contributed by atoms with E-state index in [0.717, 1.165) is 22.6 Å². The van der Waals surface area contributed by atoms with E-state index in [9.17, 15) is 10.0 Å². The van der Waals surface area contributed by atoms with Gasteiger partial charge < -0.3 is 10.5 Å². The minimum absolute atomic E-state index is 0.153. The molecule has 104 valence electrons. The Morgan fingerprint density at radius 1 is 1.42 bits per heavy atom. The number of rotatable bonds is 1. The fourth-order valence-electron chi connectivity index (χ4n) is 2.46. The van der Waals surface area contributed by atoms with Gasteiger partial charge in [-0.05, 0) is 45.2 Å². The van der Waals surface area contributed by atoms with Gasteiger partial charge in [0.25, 0.3) is 0 Å². The van der Waals surface area contributed by atoms with Gasteiger partial charge in [0.2, 0.25) is 5.91 Å². The summed E-state index contributed by atoms with van der Waals surface area (Å²) in [7, 11) is 0. The fourth-order valence-corrected chi connectivity index (χ4v) is 2.46. The van der Waals surface area contributed by atoms with Crippen LogP contribution in [-0.2, 0) is 11.2 Å². The lowest BCUT2D eigenvalue weighted by molar-refractivity contribution is -0.160. The third-order valence-electron chi connectivity index (χ3n) is 3.25. The number of nitrogens with one attached hydrogen (secondary N) is 1. The molecule has 19 heavy (non-hydrogen) atoms. The molecular formula is C15H22N2O2. The number of carbonyl (C=O) groups excluding carboxylic acids is 1. The van der Waals surface area contributed by atoms with Crippen LogP contribution in [0.2, 0.25) is 0 Å². The van der Waals surface area contributed by atoms with Crippen molar-refractivity contribution in [1.29, 1.82) is 0 Å². The van der Waals surface area contributed by atoms with Crippen molar-refractivity contribution in [3.63, 3.8) is 0 Å². The molecule has 0 fully saturated rings. The topological polar surface area (TPSA) is 52.6 Å². The molecule has 1 heterocycles. The molecule has 0 saturated carbocycles. The maximum absolute atomic E-state index is 12.4. The van der Waals surface area contributed by atoms with Crippen LogP contribution in [0.5, 0.6) is 0 Å². The van der Waals surface area contributed by atoms with E-state index in [1.165, 1.54) is 5.56 Å². The average molecular weight is 262 g/mol.